The number of likely N-dealkylation sites (tertiary alicyclic amines) is 1. The van der Waals surface area contributed by atoms with Gasteiger partial charge in [0, 0.05) is 44.8 Å². The van der Waals surface area contributed by atoms with E-state index in [1.165, 1.54) is 0 Å². The van der Waals surface area contributed by atoms with Crippen molar-refractivity contribution in [1.82, 2.24) is 20.9 Å². The van der Waals surface area contributed by atoms with Gasteiger partial charge >= 0.3 is 0 Å². The van der Waals surface area contributed by atoms with Gasteiger partial charge in [-0.3, -0.25) is 14.7 Å². The largest absolute Gasteiger partial charge is 0.497 e. The SMILES string of the molecule is CN=C(NCCc1ccc(OC)cc1Cl)NC1CCN(CC(=O)NC)CC1. The molecule has 1 amide bonds. The first-order valence-electron chi connectivity index (χ1n) is 9.28. The van der Waals surface area contributed by atoms with Crippen LogP contribution in [-0.2, 0) is 11.2 Å². The third-order valence-corrected chi connectivity index (χ3v) is 5.10. The molecular formula is C19H30ClN5O2. The normalized spacial score (nSPS) is 16.1. The molecule has 1 aliphatic rings. The third-order valence-electron chi connectivity index (χ3n) is 4.75. The zero-order valence-corrected chi connectivity index (χ0v) is 17.1. The van der Waals surface area contributed by atoms with Gasteiger partial charge in [-0.05, 0) is 37.0 Å². The number of nitrogens with zero attached hydrogens (tertiary/aromatic N) is 2. The summed E-state index contributed by atoms with van der Waals surface area (Å²) >= 11 is 6.29. The Kier molecular flexibility index (Phi) is 8.67. The molecule has 0 bridgehead atoms. The van der Waals surface area contributed by atoms with E-state index in [-0.39, 0.29) is 5.91 Å². The Morgan fingerprint density at radius 2 is 2.11 bits per heavy atom. The summed E-state index contributed by atoms with van der Waals surface area (Å²) in [5.74, 6) is 1.62. The number of amides is 1. The predicted octanol–water partition coefficient (Wildman–Crippen LogP) is 1.27. The van der Waals surface area contributed by atoms with Crippen LogP contribution in [0.2, 0.25) is 5.02 Å². The molecule has 1 heterocycles. The number of halogens is 1. The lowest BCUT2D eigenvalue weighted by molar-refractivity contribution is -0.122. The van der Waals surface area contributed by atoms with Crippen molar-refractivity contribution in [3.8, 4) is 5.75 Å². The van der Waals surface area contributed by atoms with Crippen LogP contribution < -0.4 is 20.7 Å². The second kappa shape index (κ2) is 11.0. The van der Waals surface area contributed by atoms with Gasteiger partial charge in [0.1, 0.15) is 5.75 Å². The zero-order chi connectivity index (χ0) is 19.6. The molecule has 27 heavy (non-hydrogen) atoms. The summed E-state index contributed by atoms with van der Waals surface area (Å²) in [4.78, 5) is 18.0. The van der Waals surface area contributed by atoms with Gasteiger partial charge in [0.2, 0.25) is 5.91 Å². The van der Waals surface area contributed by atoms with Gasteiger partial charge in [-0.15, -0.1) is 0 Å². The average molecular weight is 396 g/mol. The number of carbonyl (C=O) groups excluding carboxylic acids is 1. The maximum absolute atomic E-state index is 11.5. The predicted molar refractivity (Wildman–Crippen MR) is 110 cm³/mol. The summed E-state index contributed by atoms with van der Waals surface area (Å²) in [5, 5.41) is 10.2. The third kappa shape index (κ3) is 6.92. The van der Waals surface area contributed by atoms with Crippen LogP contribution in [0.15, 0.2) is 23.2 Å². The van der Waals surface area contributed by atoms with Crippen LogP contribution in [0.5, 0.6) is 5.75 Å². The highest BCUT2D eigenvalue weighted by Crippen LogP contribution is 2.22. The standard InChI is InChI=1S/C19H30ClN5O2/c1-21-18(26)13-25-10-7-15(8-11-25)24-19(22-2)23-9-6-14-4-5-16(27-3)12-17(14)20/h4-5,12,15H,6-11,13H2,1-3H3,(H,21,26)(H2,22,23,24). The van der Waals surface area contributed by atoms with Crippen LogP contribution in [-0.4, -0.2) is 70.2 Å². The molecule has 0 aromatic heterocycles. The first-order valence-corrected chi connectivity index (χ1v) is 9.66. The van der Waals surface area contributed by atoms with Crippen molar-refractivity contribution >= 4 is 23.5 Å². The summed E-state index contributed by atoms with van der Waals surface area (Å²) in [7, 11) is 5.08. The smallest absolute Gasteiger partial charge is 0.233 e. The van der Waals surface area contributed by atoms with E-state index in [4.69, 9.17) is 16.3 Å². The van der Waals surface area contributed by atoms with Crippen LogP contribution in [0.3, 0.4) is 0 Å². The molecule has 1 aromatic rings. The molecule has 1 aliphatic heterocycles. The van der Waals surface area contributed by atoms with Gasteiger partial charge in [-0.25, -0.2) is 0 Å². The Balaban J connectivity index is 1.73. The number of nitrogens with one attached hydrogen (secondary N) is 3. The number of carbonyl (C=O) groups is 1. The summed E-state index contributed by atoms with van der Waals surface area (Å²) in [6.07, 6.45) is 2.78. The first-order chi connectivity index (χ1) is 13.0. The molecule has 0 saturated carbocycles. The number of likely N-dealkylation sites (N-methyl/N-ethyl adjacent to an activating group) is 1. The first kappa shape index (κ1) is 21.3. The number of aliphatic imine (C=N–C) groups is 1. The van der Waals surface area contributed by atoms with E-state index in [0.717, 1.165) is 56.2 Å². The van der Waals surface area contributed by atoms with Crippen molar-refractivity contribution < 1.29 is 9.53 Å². The molecule has 2 rings (SSSR count). The Morgan fingerprint density at radius 1 is 1.37 bits per heavy atom. The molecule has 150 valence electrons. The average Bonchev–Trinajstić information content (AvgIpc) is 2.69. The van der Waals surface area contributed by atoms with Crippen LogP contribution in [0.4, 0.5) is 0 Å². The Bertz CT molecular complexity index is 645. The fourth-order valence-electron chi connectivity index (χ4n) is 3.08. The summed E-state index contributed by atoms with van der Waals surface area (Å²) in [5.41, 5.74) is 1.07. The fourth-order valence-corrected chi connectivity index (χ4v) is 3.34. The van der Waals surface area contributed by atoms with Crippen molar-refractivity contribution in [2.45, 2.75) is 25.3 Å². The maximum Gasteiger partial charge on any atom is 0.233 e. The molecule has 0 unspecified atom stereocenters. The lowest BCUT2D eigenvalue weighted by atomic mass is 10.1. The van der Waals surface area contributed by atoms with Crippen LogP contribution in [0.25, 0.3) is 0 Å². The number of methoxy groups -OCH3 is 1. The molecule has 7 nitrogen and oxygen atoms in total. The van der Waals surface area contributed by atoms with E-state index < -0.39 is 0 Å². The van der Waals surface area contributed by atoms with Crippen molar-refractivity contribution in [2.24, 2.45) is 4.99 Å². The quantitative estimate of drug-likeness (QED) is 0.478. The summed E-state index contributed by atoms with van der Waals surface area (Å²) in [6.45, 7) is 3.02. The van der Waals surface area contributed by atoms with Crippen LogP contribution >= 0.6 is 11.6 Å². The van der Waals surface area contributed by atoms with Gasteiger partial charge in [0.15, 0.2) is 5.96 Å². The summed E-state index contributed by atoms with van der Waals surface area (Å²) in [6, 6.07) is 6.10. The molecule has 3 N–H and O–H groups in total. The van der Waals surface area contributed by atoms with E-state index in [1.807, 2.05) is 18.2 Å². The van der Waals surface area contributed by atoms with Crippen molar-refractivity contribution in [3.05, 3.63) is 28.8 Å². The van der Waals surface area contributed by atoms with Gasteiger partial charge < -0.3 is 20.7 Å². The fraction of sp³-hybridized carbons (Fsp3) is 0.579. The minimum absolute atomic E-state index is 0.0658. The number of rotatable bonds is 7. The Hall–Kier alpha value is -1.99. The Morgan fingerprint density at radius 3 is 2.70 bits per heavy atom. The Labute approximate surface area is 166 Å². The van der Waals surface area contributed by atoms with E-state index >= 15 is 0 Å². The van der Waals surface area contributed by atoms with Crippen molar-refractivity contribution in [2.75, 3.05) is 47.4 Å². The lowest BCUT2D eigenvalue weighted by Gasteiger charge is -2.32. The number of benzene rings is 1. The number of guanidine groups is 1. The maximum atomic E-state index is 11.5. The van der Waals surface area contributed by atoms with E-state index in [2.05, 4.69) is 25.8 Å². The number of hydrogen-bond acceptors (Lipinski definition) is 4. The van der Waals surface area contributed by atoms with Gasteiger partial charge in [0.25, 0.3) is 0 Å². The molecule has 0 aliphatic carbocycles. The van der Waals surface area contributed by atoms with Gasteiger partial charge in [-0.2, -0.15) is 0 Å². The van der Waals surface area contributed by atoms with Gasteiger partial charge in [-0.1, -0.05) is 17.7 Å². The molecular weight excluding hydrogens is 366 g/mol. The number of piperidine rings is 1. The van der Waals surface area contributed by atoms with E-state index in [1.54, 1.807) is 21.2 Å². The molecule has 1 aromatic carbocycles. The molecule has 8 heteroatoms. The van der Waals surface area contributed by atoms with Crippen LogP contribution in [0, 0.1) is 0 Å². The molecule has 0 spiro atoms. The van der Waals surface area contributed by atoms with E-state index in [9.17, 15) is 4.79 Å². The summed E-state index contributed by atoms with van der Waals surface area (Å²) < 4.78 is 5.17. The number of ether oxygens (including phenoxy) is 1. The molecule has 1 saturated heterocycles. The second-order valence-corrected chi connectivity index (χ2v) is 6.98. The number of hydrogen-bond donors (Lipinski definition) is 3. The molecule has 1 fully saturated rings. The monoisotopic (exact) mass is 395 g/mol. The highest BCUT2D eigenvalue weighted by Gasteiger charge is 2.21. The minimum Gasteiger partial charge on any atom is -0.497 e. The van der Waals surface area contributed by atoms with Crippen molar-refractivity contribution in [1.29, 1.82) is 0 Å². The van der Waals surface area contributed by atoms with Crippen LogP contribution in [0.1, 0.15) is 18.4 Å². The highest BCUT2D eigenvalue weighted by atomic mass is 35.5. The minimum atomic E-state index is 0.0658. The second-order valence-electron chi connectivity index (χ2n) is 6.57. The zero-order valence-electron chi connectivity index (χ0n) is 16.3. The molecule has 0 radical (unpaired) electrons. The topological polar surface area (TPSA) is 78.0 Å². The van der Waals surface area contributed by atoms with E-state index in [0.29, 0.717) is 17.6 Å². The lowest BCUT2D eigenvalue weighted by Crippen LogP contribution is -2.50. The van der Waals surface area contributed by atoms with Gasteiger partial charge in [0.05, 0.1) is 13.7 Å². The van der Waals surface area contributed by atoms with Crippen molar-refractivity contribution in [3.63, 3.8) is 0 Å². The molecule has 0 atom stereocenters. The highest BCUT2D eigenvalue weighted by molar-refractivity contribution is 6.31.